The van der Waals surface area contributed by atoms with Gasteiger partial charge in [0.15, 0.2) is 11.0 Å². The first-order valence-electron chi connectivity index (χ1n) is 4.57. The van der Waals surface area contributed by atoms with Gasteiger partial charge in [-0.1, -0.05) is 0 Å². The maximum Gasteiger partial charge on any atom is 0.303 e. The van der Waals surface area contributed by atoms with Crippen LogP contribution in [0.25, 0.3) is 11.7 Å². The summed E-state index contributed by atoms with van der Waals surface area (Å²) in [6.45, 7) is 0. The van der Waals surface area contributed by atoms with Gasteiger partial charge in [-0.05, 0) is 23.7 Å². The Kier molecular flexibility index (Phi) is 2.96. The topological polar surface area (TPSA) is 76.5 Å². The van der Waals surface area contributed by atoms with E-state index in [1.54, 1.807) is 12.1 Å². The van der Waals surface area contributed by atoms with Crippen molar-refractivity contribution in [3.8, 4) is 11.7 Å². The van der Waals surface area contributed by atoms with Crippen molar-refractivity contribution < 1.29 is 18.7 Å². The Morgan fingerprint density at radius 2 is 2.25 bits per heavy atom. The van der Waals surface area contributed by atoms with Crippen LogP contribution in [0.3, 0.4) is 0 Å². The van der Waals surface area contributed by atoms with Crippen LogP contribution in [0.15, 0.2) is 27.2 Å². The van der Waals surface area contributed by atoms with E-state index in [4.69, 9.17) is 25.5 Å². The molecule has 0 radical (unpaired) electrons. The molecule has 2 aromatic rings. The number of nitrogens with zero attached hydrogens (tertiary/aromatic N) is 1. The Morgan fingerprint density at radius 1 is 1.44 bits per heavy atom. The van der Waals surface area contributed by atoms with Crippen molar-refractivity contribution in [2.75, 3.05) is 0 Å². The van der Waals surface area contributed by atoms with E-state index in [9.17, 15) is 4.79 Å². The lowest BCUT2D eigenvalue weighted by molar-refractivity contribution is -0.137. The molecule has 0 bridgehead atoms. The molecule has 0 atom stereocenters. The molecule has 0 spiro atoms. The summed E-state index contributed by atoms with van der Waals surface area (Å²) in [5, 5.41) is 8.75. The zero-order valence-corrected chi connectivity index (χ0v) is 8.90. The number of aryl methyl sites for hydroxylation is 1. The summed E-state index contributed by atoms with van der Waals surface area (Å²) in [7, 11) is 0. The Morgan fingerprint density at radius 3 is 2.88 bits per heavy atom. The fourth-order valence-electron chi connectivity index (χ4n) is 1.20. The van der Waals surface area contributed by atoms with E-state index in [1.165, 1.54) is 6.20 Å². The number of hydrogen-bond acceptors (Lipinski definition) is 4. The predicted molar refractivity (Wildman–Crippen MR) is 55.2 cm³/mol. The minimum absolute atomic E-state index is 0.00748. The van der Waals surface area contributed by atoms with Crippen molar-refractivity contribution >= 4 is 17.6 Å². The number of halogens is 1. The molecule has 0 fully saturated rings. The van der Waals surface area contributed by atoms with Gasteiger partial charge in [-0.25, -0.2) is 4.98 Å². The van der Waals surface area contributed by atoms with Gasteiger partial charge in [-0.3, -0.25) is 4.79 Å². The van der Waals surface area contributed by atoms with Crippen LogP contribution in [0, 0.1) is 0 Å². The largest absolute Gasteiger partial charge is 0.481 e. The average molecular weight is 242 g/mol. The van der Waals surface area contributed by atoms with Crippen molar-refractivity contribution in [2.24, 2.45) is 0 Å². The van der Waals surface area contributed by atoms with Gasteiger partial charge in [0, 0.05) is 6.42 Å². The lowest BCUT2D eigenvalue weighted by atomic mass is 10.3. The summed E-state index contributed by atoms with van der Waals surface area (Å²) in [5.74, 6) is 0.350. The van der Waals surface area contributed by atoms with Crippen molar-refractivity contribution in [3.63, 3.8) is 0 Å². The van der Waals surface area contributed by atoms with Crippen LogP contribution in [0.4, 0.5) is 0 Å². The molecule has 5 nitrogen and oxygen atoms in total. The predicted octanol–water partition coefficient (Wildman–Crippen LogP) is 2.61. The molecule has 0 aliphatic rings. The standard InChI is InChI=1S/C10H8ClNO4/c11-8-3-2-7(16-8)10-12-5-6(15-10)1-4-9(13)14/h2-3,5H,1,4H2,(H,13,14). The van der Waals surface area contributed by atoms with Gasteiger partial charge in [-0.15, -0.1) is 0 Å². The summed E-state index contributed by atoms with van der Waals surface area (Å²) in [4.78, 5) is 14.3. The Hall–Kier alpha value is -1.75. The highest BCUT2D eigenvalue weighted by molar-refractivity contribution is 6.28. The zero-order valence-electron chi connectivity index (χ0n) is 8.14. The summed E-state index contributed by atoms with van der Waals surface area (Å²) in [6, 6.07) is 3.22. The Bertz CT molecular complexity index is 502. The third-order valence-electron chi connectivity index (χ3n) is 1.92. The van der Waals surface area contributed by atoms with E-state index in [0.717, 1.165) is 0 Å². The number of hydrogen-bond donors (Lipinski definition) is 1. The number of carboxylic acid groups (broad SMARTS) is 1. The lowest BCUT2D eigenvalue weighted by Gasteiger charge is -1.91. The first-order valence-corrected chi connectivity index (χ1v) is 4.95. The molecule has 2 rings (SSSR count). The van der Waals surface area contributed by atoms with Gasteiger partial charge in [0.1, 0.15) is 5.76 Å². The van der Waals surface area contributed by atoms with Gasteiger partial charge in [-0.2, -0.15) is 0 Å². The van der Waals surface area contributed by atoms with Crippen LogP contribution >= 0.6 is 11.6 Å². The smallest absolute Gasteiger partial charge is 0.303 e. The van der Waals surface area contributed by atoms with Crippen LogP contribution < -0.4 is 0 Å². The highest BCUT2D eigenvalue weighted by Crippen LogP contribution is 2.24. The van der Waals surface area contributed by atoms with Gasteiger partial charge in [0.25, 0.3) is 5.89 Å². The highest BCUT2D eigenvalue weighted by Gasteiger charge is 2.11. The fraction of sp³-hybridized carbons (Fsp3) is 0.200. The molecule has 0 saturated heterocycles. The molecule has 2 aromatic heterocycles. The van der Waals surface area contributed by atoms with Crippen molar-refractivity contribution in [1.82, 2.24) is 4.98 Å². The van der Waals surface area contributed by atoms with Crippen LogP contribution in [0.2, 0.25) is 5.22 Å². The molecular weight excluding hydrogens is 234 g/mol. The molecular formula is C10H8ClNO4. The van der Waals surface area contributed by atoms with E-state index in [0.29, 0.717) is 23.8 Å². The third-order valence-corrected chi connectivity index (χ3v) is 2.13. The monoisotopic (exact) mass is 241 g/mol. The van der Waals surface area contributed by atoms with Gasteiger partial charge in [0.2, 0.25) is 0 Å². The summed E-state index contributed by atoms with van der Waals surface area (Å²) >= 11 is 5.61. The summed E-state index contributed by atoms with van der Waals surface area (Å²) in [5.41, 5.74) is 0. The minimum Gasteiger partial charge on any atom is -0.481 e. The van der Waals surface area contributed by atoms with Crippen LogP contribution in [0.5, 0.6) is 0 Å². The molecule has 0 amide bonds. The van der Waals surface area contributed by atoms with E-state index in [-0.39, 0.29) is 11.6 Å². The fourth-order valence-corrected chi connectivity index (χ4v) is 1.34. The molecule has 0 aliphatic carbocycles. The van der Waals surface area contributed by atoms with Crippen LogP contribution in [-0.2, 0) is 11.2 Å². The summed E-state index contributed by atoms with van der Waals surface area (Å²) in [6.07, 6.45) is 1.79. The van der Waals surface area contributed by atoms with Crippen molar-refractivity contribution in [1.29, 1.82) is 0 Å². The second kappa shape index (κ2) is 4.40. The number of furan rings is 1. The van der Waals surface area contributed by atoms with Gasteiger partial charge >= 0.3 is 5.97 Å². The maximum absolute atomic E-state index is 10.4. The second-order valence-electron chi connectivity index (χ2n) is 3.13. The second-order valence-corrected chi connectivity index (χ2v) is 3.50. The lowest BCUT2D eigenvalue weighted by Crippen LogP contribution is -1.96. The van der Waals surface area contributed by atoms with Crippen LogP contribution in [-0.4, -0.2) is 16.1 Å². The van der Waals surface area contributed by atoms with Gasteiger partial charge < -0.3 is 13.9 Å². The molecule has 1 N–H and O–H groups in total. The maximum atomic E-state index is 10.4. The first-order chi connectivity index (χ1) is 7.65. The highest BCUT2D eigenvalue weighted by atomic mass is 35.5. The van der Waals surface area contributed by atoms with Gasteiger partial charge in [0.05, 0.1) is 12.6 Å². The van der Waals surface area contributed by atoms with Crippen molar-refractivity contribution in [3.05, 3.63) is 29.3 Å². The van der Waals surface area contributed by atoms with E-state index < -0.39 is 5.97 Å². The molecule has 2 heterocycles. The number of carboxylic acids is 1. The molecule has 0 unspecified atom stereocenters. The Labute approximate surface area is 95.7 Å². The molecule has 16 heavy (non-hydrogen) atoms. The number of rotatable bonds is 4. The quantitative estimate of drug-likeness (QED) is 0.890. The number of aliphatic carboxylic acids is 1. The van der Waals surface area contributed by atoms with E-state index in [2.05, 4.69) is 4.98 Å². The SMILES string of the molecule is O=C(O)CCc1cnc(-c2ccc(Cl)o2)o1. The molecule has 0 aromatic carbocycles. The zero-order chi connectivity index (χ0) is 11.5. The average Bonchev–Trinajstić information content (AvgIpc) is 2.83. The number of carbonyl (C=O) groups is 1. The normalized spacial score (nSPS) is 10.6. The van der Waals surface area contributed by atoms with E-state index in [1.807, 2.05) is 0 Å². The first kappa shape index (κ1) is 10.8. The van der Waals surface area contributed by atoms with Crippen LogP contribution in [0.1, 0.15) is 12.2 Å². The number of oxazole rings is 1. The molecule has 6 heteroatoms. The molecule has 84 valence electrons. The molecule has 0 saturated carbocycles. The molecule has 0 aliphatic heterocycles. The van der Waals surface area contributed by atoms with Crippen molar-refractivity contribution in [2.45, 2.75) is 12.8 Å². The Balaban J connectivity index is 2.10. The number of aromatic nitrogens is 1. The third kappa shape index (κ3) is 2.43. The minimum atomic E-state index is -0.876. The summed E-state index contributed by atoms with van der Waals surface area (Å²) < 4.78 is 10.4. The van der Waals surface area contributed by atoms with E-state index >= 15 is 0 Å².